The van der Waals surface area contributed by atoms with E-state index < -0.39 is 5.97 Å². The highest BCUT2D eigenvalue weighted by molar-refractivity contribution is 9.11. The van der Waals surface area contributed by atoms with Crippen LogP contribution in [0.15, 0.2) is 149 Å². The van der Waals surface area contributed by atoms with Gasteiger partial charge in [0, 0.05) is 50.9 Å². The lowest BCUT2D eigenvalue weighted by molar-refractivity contribution is -0.141. The smallest absolute Gasteiger partial charge is 0.330 e. The predicted octanol–water partition coefficient (Wildman–Crippen LogP) is 16.5. The number of fused-ring (bicyclic) bond motifs is 1. The number of hydrogen-bond acceptors (Lipinski definition) is 10. The molecule has 1 aliphatic rings. The molecule has 0 bridgehead atoms. The molecular weight excluding hydrogens is 1030 g/mol. The molecule has 6 aromatic carbocycles. The molecule has 406 valence electrons. The normalized spacial score (nSPS) is 12.6. The van der Waals surface area contributed by atoms with E-state index >= 15 is 0 Å². The fourth-order valence-corrected chi connectivity index (χ4v) is 8.47. The van der Waals surface area contributed by atoms with Crippen LogP contribution in [-0.2, 0) is 32.3 Å². The number of methoxy groups -OCH3 is 2. The number of halogens is 1. The standard InChI is InChI=1S/C33H37BrO5.C33H38O5/c1-6-7-18-37-31-16-8-24(4)19-29(31)26-11-9-25(10-12-26)21-38-28-15-13-27(14-17-33(35)36-5)32(20-28)39-22-30(34)23(2)3;1-6-7-16-36-31-15-8-23(4)17-28(31)25-11-9-24(10-12-25)20-37-26-13-14-27-29(19-33(34)35-5)30(22(2)3)21-38-32(27)18-26/h8-17,19-20H,6-7,18,21-22H2,1-5H3;8-15,17-18,29H,6-7,16,19-21H2,1-5H3/b17-14+;. The molecule has 0 spiro atoms. The van der Waals surface area contributed by atoms with Gasteiger partial charge in [0.2, 0.25) is 0 Å². The number of rotatable bonds is 23. The van der Waals surface area contributed by atoms with E-state index in [9.17, 15) is 9.59 Å². The summed E-state index contributed by atoms with van der Waals surface area (Å²) in [6, 6.07) is 40.8. The lowest BCUT2D eigenvalue weighted by atomic mass is 9.84. The van der Waals surface area contributed by atoms with Gasteiger partial charge < -0.3 is 37.9 Å². The van der Waals surface area contributed by atoms with Crippen molar-refractivity contribution in [2.45, 2.75) is 107 Å². The van der Waals surface area contributed by atoms with E-state index in [1.54, 1.807) is 6.08 Å². The molecule has 1 atom stereocenters. The molecule has 0 fully saturated rings. The zero-order valence-corrected chi connectivity index (χ0v) is 48.1. The van der Waals surface area contributed by atoms with Gasteiger partial charge in [0.05, 0.1) is 33.9 Å². The summed E-state index contributed by atoms with van der Waals surface area (Å²) in [7, 11) is 2.77. The second-order valence-electron chi connectivity index (χ2n) is 19.5. The van der Waals surface area contributed by atoms with Gasteiger partial charge in [0.15, 0.2) is 0 Å². The minimum absolute atomic E-state index is 0.0461. The Kier molecular flexibility index (Phi) is 22.9. The van der Waals surface area contributed by atoms with Crippen LogP contribution in [0.5, 0.6) is 34.5 Å². The first kappa shape index (κ1) is 59.0. The van der Waals surface area contributed by atoms with Gasteiger partial charge in [0.1, 0.15) is 60.9 Å². The molecule has 0 radical (unpaired) electrons. The van der Waals surface area contributed by atoms with Gasteiger partial charge in [-0.05, 0) is 131 Å². The molecular formula is C66H75BrO10. The number of allylic oxidation sites excluding steroid dienone is 2. The molecule has 77 heavy (non-hydrogen) atoms. The number of aryl methyl sites for hydroxylation is 2. The van der Waals surface area contributed by atoms with Crippen molar-refractivity contribution in [3.05, 3.63) is 182 Å². The Morgan fingerprint density at radius 2 is 1.17 bits per heavy atom. The van der Waals surface area contributed by atoms with Crippen molar-refractivity contribution in [1.82, 2.24) is 0 Å². The first-order valence-electron chi connectivity index (χ1n) is 26.5. The van der Waals surface area contributed by atoms with Gasteiger partial charge >= 0.3 is 11.9 Å². The van der Waals surface area contributed by atoms with E-state index in [1.165, 1.54) is 37.0 Å². The largest absolute Gasteiger partial charge is 0.493 e. The van der Waals surface area contributed by atoms with E-state index in [0.717, 1.165) is 115 Å². The topological polar surface area (TPSA) is 108 Å². The van der Waals surface area contributed by atoms with Crippen molar-refractivity contribution in [2.75, 3.05) is 40.6 Å². The van der Waals surface area contributed by atoms with E-state index in [4.69, 9.17) is 37.9 Å². The van der Waals surface area contributed by atoms with Crippen molar-refractivity contribution >= 4 is 33.9 Å². The van der Waals surface area contributed by atoms with Crippen LogP contribution >= 0.6 is 15.9 Å². The van der Waals surface area contributed by atoms with E-state index in [0.29, 0.717) is 51.0 Å². The third kappa shape index (κ3) is 17.7. The lowest BCUT2D eigenvalue weighted by Crippen LogP contribution is -2.21. The zero-order valence-electron chi connectivity index (χ0n) is 46.5. The van der Waals surface area contributed by atoms with Crippen molar-refractivity contribution in [1.29, 1.82) is 0 Å². The van der Waals surface area contributed by atoms with Crippen LogP contribution < -0.4 is 28.4 Å². The Labute approximate surface area is 465 Å². The monoisotopic (exact) mass is 1110 g/mol. The molecule has 0 N–H and O–H groups in total. The Morgan fingerprint density at radius 3 is 1.68 bits per heavy atom. The molecule has 0 saturated carbocycles. The number of unbranched alkanes of at least 4 members (excludes halogenated alkanes) is 2. The number of carbonyl (C=O) groups is 2. The molecule has 10 nitrogen and oxygen atoms in total. The average molecular weight is 1110 g/mol. The Hall–Kier alpha value is -7.24. The second kappa shape index (κ2) is 29.9. The summed E-state index contributed by atoms with van der Waals surface area (Å²) in [6.07, 6.45) is 7.62. The minimum Gasteiger partial charge on any atom is -0.493 e. The molecule has 0 amide bonds. The van der Waals surface area contributed by atoms with Gasteiger partial charge in [-0.3, -0.25) is 4.79 Å². The molecule has 1 aliphatic heterocycles. The third-order valence-corrected chi connectivity index (χ3v) is 14.0. The van der Waals surface area contributed by atoms with Crippen molar-refractivity contribution in [3.63, 3.8) is 0 Å². The highest BCUT2D eigenvalue weighted by Crippen LogP contribution is 2.42. The van der Waals surface area contributed by atoms with Crippen molar-refractivity contribution in [3.8, 4) is 56.8 Å². The lowest BCUT2D eigenvalue weighted by Gasteiger charge is -2.29. The number of benzene rings is 6. The van der Waals surface area contributed by atoms with E-state index in [-0.39, 0.29) is 11.9 Å². The van der Waals surface area contributed by atoms with E-state index in [2.05, 4.69) is 142 Å². The number of ether oxygens (including phenoxy) is 8. The van der Waals surface area contributed by atoms with Crippen LogP contribution in [0.4, 0.5) is 0 Å². The SMILES string of the molecule is CCCCOc1ccc(C)cc1-c1ccc(COc2ccc(/C=C/C(=O)OC)c(OCC(Br)=C(C)C)c2)cc1.CCCCOc1ccc(C)cc1-c1ccc(COc2ccc3c(c2)OCC(=C(C)C)C3CC(=O)OC)cc1. The summed E-state index contributed by atoms with van der Waals surface area (Å²) in [4.78, 5) is 23.7. The van der Waals surface area contributed by atoms with Crippen LogP contribution in [0, 0.1) is 13.8 Å². The van der Waals surface area contributed by atoms with Gasteiger partial charge in [-0.2, -0.15) is 0 Å². The second-order valence-corrected chi connectivity index (χ2v) is 20.4. The minimum atomic E-state index is -0.430. The fourth-order valence-electron chi connectivity index (χ4n) is 8.35. The van der Waals surface area contributed by atoms with Gasteiger partial charge in [-0.1, -0.05) is 132 Å². The van der Waals surface area contributed by atoms with Crippen molar-refractivity contribution in [2.24, 2.45) is 0 Å². The first-order valence-corrected chi connectivity index (χ1v) is 27.2. The van der Waals surface area contributed by atoms with Crippen molar-refractivity contribution < 1.29 is 47.5 Å². The first-order chi connectivity index (χ1) is 37.2. The molecule has 0 saturated heterocycles. The molecule has 11 heteroatoms. The maximum absolute atomic E-state index is 12.1. The summed E-state index contributed by atoms with van der Waals surface area (Å²) in [5.41, 5.74) is 14.1. The summed E-state index contributed by atoms with van der Waals surface area (Å²) >= 11 is 3.55. The third-order valence-electron chi connectivity index (χ3n) is 13.0. The Balaban J connectivity index is 0.000000250. The van der Waals surface area contributed by atoms with Crippen LogP contribution in [0.3, 0.4) is 0 Å². The average Bonchev–Trinajstić information content (AvgIpc) is 3.45. The predicted molar refractivity (Wildman–Crippen MR) is 313 cm³/mol. The van der Waals surface area contributed by atoms with Crippen LogP contribution in [0.1, 0.15) is 113 Å². The summed E-state index contributed by atoms with van der Waals surface area (Å²) in [5, 5.41) is 0. The summed E-state index contributed by atoms with van der Waals surface area (Å²) in [6.45, 7) is 19.8. The molecule has 6 aromatic rings. The fraction of sp³-hybridized carbons (Fsp3) is 0.333. The highest BCUT2D eigenvalue weighted by atomic mass is 79.9. The molecule has 0 aliphatic carbocycles. The van der Waals surface area contributed by atoms with E-state index in [1.807, 2.05) is 50.2 Å². The molecule has 1 unspecified atom stereocenters. The number of hydrogen-bond donors (Lipinski definition) is 0. The van der Waals surface area contributed by atoms with Gasteiger partial charge in [-0.25, -0.2) is 4.79 Å². The van der Waals surface area contributed by atoms with Gasteiger partial charge in [0.25, 0.3) is 0 Å². The zero-order chi connectivity index (χ0) is 55.3. The molecule has 1 heterocycles. The summed E-state index contributed by atoms with van der Waals surface area (Å²) in [5.74, 6) is 3.89. The molecule has 0 aromatic heterocycles. The quantitative estimate of drug-likeness (QED) is 0.0266. The van der Waals surface area contributed by atoms with Crippen LogP contribution in [0.2, 0.25) is 0 Å². The molecule has 7 rings (SSSR count). The Bertz CT molecular complexity index is 3000. The van der Waals surface area contributed by atoms with Crippen LogP contribution in [-0.4, -0.2) is 52.6 Å². The van der Waals surface area contributed by atoms with Crippen LogP contribution in [0.25, 0.3) is 28.3 Å². The highest BCUT2D eigenvalue weighted by Gasteiger charge is 2.29. The maximum atomic E-state index is 12.1. The maximum Gasteiger partial charge on any atom is 0.330 e. The number of carbonyl (C=O) groups excluding carboxylic acids is 2. The Morgan fingerprint density at radius 1 is 0.623 bits per heavy atom. The van der Waals surface area contributed by atoms with Gasteiger partial charge in [-0.15, -0.1) is 0 Å². The summed E-state index contributed by atoms with van der Waals surface area (Å²) < 4.78 is 47.0. The number of esters is 2.